The van der Waals surface area contributed by atoms with Crippen molar-refractivity contribution < 1.29 is 24.0 Å². The van der Waals surface area contributed by atoms with Crippen LogP contribution in [0.5, 0.6) is 0 Å². The van der Waals surface area contributed by atoms with Crippen LogP contribution in [0.2, 0.25) is 0 Å². The Labute approximate surface area is 109 Å². The molecule has 0 saturated heterocycles. The Balaban J connectivity index is 0.000000963. The quantitative estimate of drug-likeness (QED) is 0.397. The first kappa shape index (κ1) is 11.6. The van der Waals surface area contributed by atoms with Crippen LogP contribution in [0.15, 0.2) is 24.3 Å². The maximum absolute atomic E-state index is 4.43. The standard InChI is InChI=1S/C12H14N3.Zn/c1-10-9-11-12-5-3-4-7-15(12,2)8-6-14(11)13-10;/h3-6,8-9H,7H2,1-2H3;/q-1;+2. The number of allylic oxidation sites excluding steroid dienone is 2. The first-order valence-electron chi connectivity index (χ1n) is 5.17. The van der Waals surface area contributed by atoms with E-state index < -0.39 is 0 Å². The van der Waals surface area contributed by atoms with Crippen molar-refractivity contribution in [3.63, 3.8) is 0 Å². The molecule has 78 valence electrons. The predicted molar refractivity (Wildman–Crippen MR) is 59.1 cm³/mol. The molecule has 0 fully saturated rings. The summed E-state index contributed by atoms with van der Waals surface area (Å²) in [4.78, 5) is 0. The van der Waals surface area contributed by atoms with Gasteiger partial charge in [-0.05, 0) is 24.8 Å². The summed E-state index contributed by atoms with van der Waals surface area (Å²) in [5.74, 6) is 0. The molecule has 3 nitrogen and oxygen atoms in total. The van der Waals surface area contributed by atoms with Gasteiger partial charge in [0.25, 0.3) is 0 Å². The second-order valence-electron chi connectivity index (χ2n) is 4.34. The molecule has 0 radical (unpaired) electrons. The Morgan fingerprint density at radius 1 is 1.50 bits per heavy atom. The molecule has 0 N–H and O–H groups in total. The van der Waals surface area contributed by atoms with Crippen molar-refractivity contribution in [3.05, 3.63) is 48.8 Å². The van der Waals surface area contributed by atoms with Crippen LogP contribution in [-0.2, 0) is 19.5 Å². The van der Waals surface area contributed by atoms with Crippen LogP contribution in [0.25, 0.3) is 5.70 Å². The molecule has 0 spiro atoms. The van der Waals surface area contributed by atoms with Gasteiger partial charge in [-0.2, -0.15) is 6.54 Å². The van der Waals surface area contributed by atoms with E-state index in [-0.39, 0.29) is 19.5 Å². The average Bonchev–Trinajstić information content (AvgIpc) is 2.58. The summed E-state index contributed by atoms with van der Waals surface area (Å²) in [5, 5.41) is 4.43. The van der Waals surface area contributed by atoms with Crippen molar-refractivity contribution in [2.24, 2.45) is 0 Å². The monoisotopic (exact) mass is 264 g/mol. The van der Waals surface area contributed by atoms with E-state index in [1.165, 1.54) is 11.4 Å². The zero-order chi connectivity index (χ0) is 10.5. The molecule has 1 aromatic rings. The zero-order valence-electron chi connectivity index (χ0n) is 9.72. The summed E-state index contributed by atoms with van der Waals surface area (Å²) in [6.45, 7) is 7.29. The summed E-state index contributed by atoms with van der Waals surface area (Å²) in [6.07, 6.45) is 6.51. The van der Waals surface area contributed by atoms with Crippen LogP contribution >= 0.6 is 0 Å². The number of quaternary nitrogens is 1. The van der Waals surface area contributed by atoms with E-state index in [1.807, 2.05) is 11.6 Å². The number of fused-ring (bicyclic) bond motifs is 3. The molecule has 2 aliphatic rings. The molecular formula is C12H14N3Zn+. The van der Waals surface area contributed by atoms with Gasteiger partial charge in [0.2, 0.25) is 0 Å². The second kappa shape index (κ2) is 3.86. The number of nitrogens with zero attached hydrogens (tertiary/aromatic N) is 3. The zero-order valence-corrected chi connectivity index (χ0v) is 12.7. The fraction of sp³-hybridized carbons (Fsp3) is 0.250. The molecule has 0 saturated carbocycles. The maximum Gasteiger partial charge on any atom is 2.00 e. The van der Waals surface area contributed by atoms with Crippen LogP contribution in [-0.4, -0.2) is 27.9 Å². The molecule has 2 aliphatic heterocycles. The summed E-state index contributed by atoms with van der Waals surface area (Å²) >= 11 is 0. The number of aryl methyl sites for hydroxylation is 1. The Hall–Kier alpha value is -0.857. The number of hydrogen-bond acceptors (Lipinski definition) is 1. The first-order chi connectivity index (χ1) is 7.19. The van der Waals surface area contributed by atoms with E-state index in [2.05, 4.69) is 49.5 Å². The minimum Gasteiger partial charge on any atom is -0.445 e. The third-order valence-electron chi connectivity index (χ3n) is 3.08. The summed E-state index contributed by atoms with van der Waals surface area (Å²) in [5.41, 5.74) is 3.60. The molecule has 1 aromatic heterocycles. The third-order valence-corrected chi connectivity index (χ3v) is 3.08. The molecule has 3 heterocycles. The van der Waals surface area contributed by atoms with Gasteiger partial charge in [-0.1, -0.05) is 12.1 Å². The van der Waals surface area contributed by atoms with E-state index in [9.17, 15) is 0 Å². The smallest absolute Gasteiger partial charge is 0.445 e. The molecule has 16 heavy (non-hydrogen) atoms. The molecule has 0 aromatic carbocycles. The van der Waals surface area contributed by atoms with Gasteiger partial charge >= 0.3 is 19.5 Å². The van der Waals surface area contributed by atoms with Gasteiger partial charge in [-0.15, -0.1) is 0 Å². The van der Waals surface area contributed by atoms with Gasteiger partial charge in [0, 0.05) is 18.4 Å². The van der Waals surface area contributed by atoms with Crippen LogP contribution < -0.4 is 0 Å². The Morgan fingerprint density at radius 3 is 3.12 bits per heavy atom. The van der Waals surface area contributed by atoms with Crippen molar-refractivity contribution in [3.8, 4) is 0 Å². The van der Waals surface area contributed by atoms with Crippen LogP contribution in [0.1, 0.15) is 11.4 Å². The Kier molecular flexibility index (Phi) is 2.81. The first-order valence-corrected chi connectivity index (χ1v) is 5.17. The molecular weight excluding hydrogens is 252 g/mol. The molecule has 1 atom stereocenters. The fourth-order valence-corrected chi connectivity index (χ4v) is 2.23. The Morgan fingerprint density at radius 2 is 2.31 bits per heavy atom. The minimum absolute atomic E-state index is 0. The number of hydrogen-bond donors (Lipinski definition) is 0. The number of aromatic nitrogens is 2. The minimum atomic E-state index is 0. The van der Waals surface area contributed by atoms with Crippen molar-refractivity contribution in [2.45, 2.75) is 6.92 Å². The van der Waals surface area contributed by atoms with Crippen molar-refractivity contribution in [1.82, 2.24) is 9.78 Å². The van der Waals surface area contributed by atoms with Crippen molar-refractivity contribution in [1.29, 1.82) is 0 Å². The van der Waals surface area contributed by atoms with E-state index in [0.717, 1.165) is 16.7 Å². The molecule has 0 amide bonds. The van der Waals surface area contributed by atoms with E-state index in [4.69, 9.17) is 0 Å². The van der Waals surface area contributed by atoms with Crippen molar-refractivity contribution in [2.75, 3.05) is 13.6 Å². The van der Waals surface area contributed by atoms with Gasteiger partial charge in [0.05, 0.1) is 6.54 Å². The van der Waals surface area contributed by atoms with Gasteiger partial charge in [0.1, 0.15) is 0 Å². The van der Waals surface area contributed by atoms with Crippen LogP contribution in [0.4, 0.5) is 0 Å². The average molecular weight is 266 g/mol. The van der Waals surface area contributed by atoms with Gasteiger partial charge in [-0.3, -0.25) is 0 Å². The molecule has 0 aliphatic carbocycles. The summed E-state index contributed by atoms with van der Waals surface area (Å²) in [7, 11) is 2.22. The topological polar surface area (TPSA) is 17.8 Å². The predicted octanol–water partition coefficient (Wildman–Crippen LogP) is 1.73. The van der Waals surface area contributed by atoms with Crippen molar-refractivity contribution >= 4 is 5.70 Å². The molecule has 4 heteroatoms. The van der Waals surface area contributed by atoms with E-state index in [0.29, 0.717) is 0 Å². The SMILES string of the molecule is Cc1cc2n(n1)[CH-][CH-][N+]1(C)CC=CC=C21.[Zn+2]. The maximum atomic E-state index is 4.43. The van der Waals surface area contributed by atoms with Crippen LogP contribution in [0, 0.1) is 20.0 Å². The van der Waals surface area contributed by atoms with Gasteiger partial charge in [-0.25, -0.2) is 11.6 Å². The number of likely N-dealkylation sites (N-methyl/N-ethyl adjacent to an activating group) is 1. The normalized spacial score (nSPS) is 26.0. The van der Waals surface area contributed by atoms with Gasteiger partial charge < -0.3 is 9.16 Å². The van der Waals surface area contributed by atoms with Gasteiger partial charge in [0.15, 0.2) is 0 Å². The largest absolute Gasteiger partial charge is 2.00 e. The molecule has 3 rings (SSSR count). The fourth-order valence-electron chi connectivity index (χ4n) is 2.23. The van der Waals surface area contributed by atoms with E-state index >= 15 is 0 Å². The summed E-state index contributed by atoms with van der Waals surface area (Å²) in [6, 6.07) is 2.14. The second-order valence-corrected chi connectivity index (χ2v) is 4.34. The third kappa shape index (κ3) is 1.57. The molecule has 0 bridgehead atoms. The summed E-state index contributed by atoms with van der Waals surface area (Å²) < 4.78 is 2.81. The molecule has 1 unspecified atom stereocenters. The van der Waals surface area contributed by atoms with E-state index in [1.54, 1.807) is 0 Å². The number of rotatable bonds is 0. The van der Waals surface area contributed by atoms with Crippen LogP contribution in [0.3, 0.4) is 0 Å². The Bertz CT molecular complexity index is 473.